The Morgan fingerprint density at radius 1 is 1.42 bits per heavy atom. The summed E-state index contributed by atoms with van der Waals surface area (Å²) in [5.41, 5.74) is 8.70. The molecule has 4 N–H and O–H groups in total. The van der Waals surface area contributed by atoms with E-state index in [1.807, 2.05) is 12.1 Å². The molecule has 24 heavy (non-hydrogen) atoms. The third-order valence-corrected chi connectivity index (χ3v) is 4.87. The maximum Gasteiger partial charge on any atom is 0.249 e. The van der Waals surface area contributed by atoms with Crippen LogP contribution < -0.4 is 16.4 Å². The summed E-state index contributed by atoms with van der Waals surface area (Å²) in [6.07, 6.45) is 2.64. The van der Waals surface area contributed by atoms with Crippen molar-refractivity contribution in [2.75, 3.05) is 18.4 Å². The number of fused-ring (bicyclic) bond motifs is 1. The minimum absolute atomic E-state index is 0.00724. The quantitative estimate of drug-likeness (QED) is 0.732. The highest BCUT2D eigenvalue weighted by Crippen LogP contribution is 2.35. The van der Waals surface area contributed by atoms with Gasteiger partial charge in [-0.2, -0.15) is 0 Å². The number of nitrogens with one attached hydrogen (secondary N) is 2. The molecule has 1 saturated heterocycles. The van der Waals surface area contributed by atoms with E-state index < -0.39 is 6.10 Å². The lowest BCUT2D eigenvalue weighted by Crippen LogP contribution is -2.36. The van der Waals surface area contributed by atoms with Gasteiger partial charge in [-0.3, -0.25) is 9.59 Å². The molecule has 0 radical (unpaired) electrons. The third-order valence-electron chi connectivity index (χ3n) is 4.87. The van der Waals surface area contributed by atoms with E-state index in [1.54, 1.807) is 0 Å². The van der Waals surface area contributed by atoms with E-state index >= 15 is 0 Å². The van der Waals surface area contributed by atoms with Crippen molar-refractivity contribution in [2.24, 2.45) is 5.73 Å². The van der Waals surface area contributed by atoms with Gasteiger partial charge in [-0.05, 0) is 42.9 Å². The summed E-state index contributed by atoms with van der Waals surface area (Å²) < 4.78 is 5.59. The maximum absolute atomic E-state index is 12.2. The van der Waals surface area contributed by atoms with Gasteiger partial charge >= 0.3 is 0 Å². The van der Waals surface area contributed by atoms with E-state index in [9.17, 15) is 9.59 Å². The summed E-state index contributed by atoms with van der Waals surface area (Å²) in [6.45, 7) is 3.00. The summed E-state index contributed by atoms with van der Waals surface area (Å²) in [5, 5.41) is 5.81. The van der Waals surface area contributed by atoms with Crippen molar-refractivity contribution in [1.29, 1.82) is 0 Å². The zero-order valence-corrected chi connectivity index (χ0v) is 14.0. The molecule has 130 valence electrons. The average molecular weight is 331 g/mol. The van der Waals surface area contributed by atoms with Crippen LogP contribution in [0.2, 0.25) is 0 Å². The SMILES string of the molecule is CCc1ccc2c(c1)C(CCNC(=O)[C@@H]1CC[C@H](CN)O1)C(=O)N2. The Bertz CT molecular complexity index is 632. The van der Waals surface area contributed by atoms with Gasteiger partial charge in [-0.15, -0.1) is 0 Å². The zero-order valence-electron chi connectivity index (χ0n) is 14.0. The van der Waals surface area contributed by atoms with Crippen molar-refractivity contribution in [1.82, 2.24) is 5.32 Å². The van der Waals surface area contributed by atoms with E-state index in [2.05, 4.69) is 23.6 Å². The molecule has 3 rings (SSSR count). The van der Waals surface area contributed by atoms with Gasteiger partial charge in [0.05, 0.1) is 12.0 Å². The summed E-state index contributed by atoms with van der Waals surface area (Å²) in [7, 11) is 0. The topological polar surface area (TPSA) is 93.5 Å². The standard InChI is InChI=1S/C18H25N3O3/c1-2-11-3-5-15-14(9-11)13(17(22)21-15)7-8-20-18(23)16-6-4-12(10-19)24-16/h3,5,9,12-13,16H,2,4,6-8,10,19H2,1H3,(H,20,23)(H,21,22)/t12-,13?,16+/m1/s1. The molecule has 2 amide bonds. The fraction of sp³-hybridized carbons (Fsp3) is 0.556. The van der Waals surface area contributed by atoms with E-state index in [-0.39, 0.29) is 23.8 Å². The number of carbonyl (C=O) groups is 2. The smallest absolute Gasteiger partial charge is 0.249 e. The van der Waals surface area contributed by atoms with Gasteiger partial charge in [0.25, 0.3) is 0 Å². The molecular weight excluding hydrogens is 306 g/mol. The largest absolute Gasteiger partial charge is 0.364 e. The minimum Gasteiger partial charge on any atom is -0.364 e. The second kappa shape index (κ2) is 7.32. The van der Waals surface area contributed by atoms with Crippen LogP contribution in [0, 0.1) is 0 Å². The van der Waals surface area contributed by atoms with Gasteiger partial charge in [0, 0.05) is 18.8 Å². The highest BCUT2D eigenvalue weighted by Gasteiger charge is 2.32. The van der Waals surface area contributed by atoms with Crippen molar-refractivity contribution in [3.8, 4) is 0 Å². The van der Waals surface area contributed by atoms with E-state index in [0.717, 1.165) is 24.1 Å². The van der Waals surface area contributed by atoms with Crippen molar-refractivity contribution < 1.29 is 14.3 Å². The fourth-order valence-electron chi connectivity index (χ4n) is 3.41. The molecular formula is C18H25N3O3. The van der Waals surface area contributed by atoms with Crippen LogP contribution in [0.15, 0.2) is 18.2 Å². The Hall–Kier alpha value is -1.92. The Kier molecular flexibility index (Phi) is 5.16. The summed E-state index contributed by atoms with van der Waals surface area (Å²) in [6, 6.07) is 6.09. The average Bonchev–Trinajstić information content (AvgIpc) is 3.19. The molecule has 2 aliphatic rings. The minimum atomic E-state index is -0.407. The van der Waals surface area contributed by atoms with Gasteiger partial charge in [-0.25, -0.2) is 0 Å². The number of anilines is 1. The third kappa shape index (κ3) is 3.44. The number of aryl methyl sites for hydroxylation is 1. The van der Waals surface area contributed by atoms with Gasteiger partial charge in [-0.1, -0.05) is 19.1 Å². The number of amides is 2. The highest BCUT2D eigenvalue weighted by molar-refractivity contribution is 6.03. The van der Waals surface area contributed by atoms with Gasteiger partial charge < -0.3 is 21.1 Å². The number of hydrogen-bond donors (Lipinski definition) is 3. The second-order valence-corrected chi connectivity index (χ2v) is 6.46. The molecule has 1 aromatic rings. The summed E-state index contributed by atoms with van der Waals surface area (Å²) in [5.74, 6) is -0.298. The molecule has 0 saturated carbocycles. The Morgan fingerprint density at radius 3 is 2.96 bits per heavy atom. The Labute approximate surface area is 142 Å². The number of carbonyl (C=O) groups excluding carboxylic acids is 2. The lowest BCUT2D eigenvalue weighted by Gasteiger charge is -2.14. The number of ether oxygens (including phenoxy) is 1. The molecule has 0 aliphatic carbocycles. The number of nitrogens with two attached hydrogens (primary N) is 1. The van der Waals surface area contributed by atoms with Crippen LogP contribution in [0.4, 0.5) is 5.69 Å². The molecule has 6 nitrogen and oxygen atoms in total. The van der Waals surface area contributed by atoms with Crippen LogP contribution in [0.1, 0.15) is 43.2 Å². The van der Waals surface area contributed by atoms with Crippen LogP contribution >= 0.6 is 0 Å². The first-order valence-corrected chi connectivity index (χ1v) is 8.69. The first-order chi connectivity index (χ1) is 11.6. The van der Waals surface area contributed by atoms with Gasteiger partial charge in [0.2, 0.25) is 11.8 Å². The first kappa shape index (κ1) is 16.9. The molecule has 1 fully saturated rings. The Balaban J connectivity index is 1.54. The molecule has 0 spiro atoms. The van der Waals surface area contributed by atoms with Crippen LogP contribution in [0.25, 0.3) is 0 Å². The number of rotatable bonds is 6. The lowest BCUT2D eigenvalue weighted by atomic mass is 9.95. The van der Waals surface area contributed by atoms with Crippen LogP contribution in [-0.4, -0.2) is 37.1 Å². The van der Waals surface area contributed by atoms with Crippen molar-refractivity contribution in [3.63, 3.8) is 0 Å². The van der Waals surface area contributed by atoms with Crippen LogP contribution in [-0.2, 0) is 20.7 Å². The molecule has 1 unspecified atom stereocenters. The normalized spacial score (nSPS) is 25.4. The van der Waals surface area contributed by atoms with E-state index in [0.29, 0.717) is 25.9 Å². The van der Waals surface area contributed by atoms with E-state index in [4.69, 9.17) is 10.5 Å². The van der Waals surface area contributed by atoms with Crippen LogP contribution in [0.5, 0.6) is 0 Å². The van der Waals surface area contributed by atoms with Crippen molar-refractivity contribution in [3.05, 3.63) is 29.3 Å². The molecule has 6 heteroatoms. The number of benzene rings is 1. The molecule has 0 aromatic heterocycles. The fourth-order valence-corrected chi connectivity index (χ4v) is 3.41. The van der Waals surface area contributed by atoms with Crippen molar-refractivity contribution >= 4 is 17.5 Å². The monoisotopic (exact) mass is 331 g/mol. The summed E-state index contributed by atoms with van der Waals surface area (Å²) >= 11 is 0. The van der Waals surface area contributed by atoms with Crippen molar-refractivity contribution in [2.45, 2.75) is 50.7 Å². The zero-order chi connectivity index (χ0) is 17.1. The number of hydrogen-bond acceptors (Lipinski definition) is 4. The summed E-state index contributed by atoms with van der Waals surface area (Å²) in [4.78, 5) is 24.3. The van der Waals surface area contributed by atoms with Crippen LogP contribution in [0.3, 0.4) is 0 Å². The molecule has 1 aromatic carbocycles. The molecule has 2 aliphatic heterocycles. The molecule has 0 bridgehead atoms. The van der Waals surface area contributed by atoms with Gasteiger partial charge in [0.1, 0.15) is 6.10 Å². The maximum atomic E-state index is 12.2. The second-order valence-electron chi connectivity index (χ2n) is 6.46. The molecule has 3 atom stereocenters. The predicted molar refractivity (Wildman–Crippen MR) is 91.8 cm³/mol. The Morgan fingerprint density at radius 2 is 2.25 bits per heavy atom. The highest BCUT2D eigenvalue weighted by atomic mass is 16.5. The predicted octanol–water partition coefficient (Wildman–Crippen LogP) is 1.30. The lowest BCUT2D eigenvalue weighted by molar-refractivity contribution is -0.132. The molecule has 2 heterocycles. The first-order valence-electron chi connectivity index (χ1n) is 8.69. The van der Waals surface area contributed by atoms with E-state index in [1.165, 1.54) is 5.56 Å². The van der Waals surface area contributed by atoms with Gasteiger partial charge in [0.15, 0.2) is 0 Å².